The highest BCUT2D eigenvalue weighted by molar-refractivity contribution is 7.92. The van der Waals surface area contributed by atoms with E-state index in [1.54, 1.807) is 23.6 Å². The van der Waals surface area contributed by atoms with Gasteiger partial charge in [0.05, 0.1) is 48.7 Å². The number of ether oxygens (including phenoxy) is 1. The normalized spacial score (nSPS) is 14.3. The van der Waals surface area contributed by atoms with Crippen molar-refractivity contribution in [3.05, 3.63) is 88.8 Å². The number of alkyl halides is 2. The summed E-state index contributed by atoms with van der Waals surface area (Å²) in [6.07, 6.45) is 6.43. The second-order valence-electron chi connectivity index (χ2n) is 9.82. The molecule has 4 aromatic rings. The van der Waals surface area contributed by atoms with Crippen molar-refractivity contribution in [1.29, 1.82) is 0 Å². The molecule has 0 spiro atoms. The van der Waals surface area contributed by atoms with E-state index in [-0.39, 0.29) is 40.1 Å². The Morgan fingerprint density at radius 1 is 1.10 bits per heavy atom. The van der Waals surface area contributed by atoms with Gasteiger partial charge in [-0.1, -0.05) is 11.6 Å². The highest BCUT2D eigenvalue weighted by Gasteiger charge is 2.44. The fraction of sp³-hybridized carbons (Fsp3) is 0.222. The Bertz CT molecular complexity index is 1780. The van der Waals surface area contributed by atoms with E-state index >= 15 is 0 Å². The van der Waals surface area contributed by atoms with Crippen LogP contribution in [0.3, 0.4) is 0 Å². The maximum atomic E-state index is 13.6. The summed E-state index contributed by atoms with van der Waals surface area (Å²) in [5.74, 6) is -3.37. The molecule has 0 bridgehead atoms. The lowest BCUT2D eigenvalue weighted by Crippen LogP contribution is -2.56. The number of halogens is 4. The molecule has 4 heterocycles. The largest absolute Gasteiger partial charge is 0.485 e. The number of rotatable bonds is 9. The molecule has 42 heavy (non-hydrogen) atoms. The zero-order chi connectivity index (χ0) is 30.2. The molecule has 1 aromatic carbocycles. The van der Waals surface area contributed by atoms with Gasteiger partial charge in [0, 0.05) is 40.4 Å². The Hall–Kier alpha value is -4.30. The number of nitrogens with zero attached hydrogens (tertiary/aromatic N) is 4. The Morgan fingerprint density at radius 3 is 2.52 bits per heavy atom. The minimum atomic E-state index is -3.57. The van der Waals surface area contributed by atoms with Gasteiger partial charge < -0.3 is 19.5 Å². The van der Waals surface area contributed by atoms with Crippen molar-refractivity contribution in [2.75, 3.05) is 34.3 Å². The predicted octanol–water partition coefficient (Wildman–Crippen LogP) is 5.03. The standard InChI is InChI=1S/C27H24ClF3N6O4S/c1-16-3-18(26(38)34-21-5-19(28)6-22(7-21)35-42(2,39)40)12-37(16)25-24(41-13-17-4-20(29)10-32-9-17)8-23(11-33-25)36-14-27(30,31)15-36/h3-12,35H,13-15H2,1-2H3,(H,34,38). The van der Waals surface area contributed by atoms with Crippen molar-refractivity contribution in [1.82, 2.24) is 14.5 Å². The summed E-state index contributed by atoms with van der Waals surface area (Å²) in [7, 11) is -3.57. The van der Waals surface area contributed by atoms with Crippen LogP contribution in [0, 0.1) is 12.7 Å². The summed E-state index contributed by atoms with van der Waals surface area (Å²) in [6.45, 7) is 0.736. The maximum absolute atomic E-state index is 13.6. The molecule has 0 unspecified atom stereocenters. The third-order valence-electron chi connectivity index (χ3n) is 6.15. The third-order valence-corrected chi connectivity index (χ3v) is 6.97. The van der Waals surface area contributed by atoms with E-state index in [9.17, 15) is 26.4 Å². The summed E-state index contributed by atoms with van der Waals surface area (Å²) >= 11 is 6.10. The van der Waals surface area contributed by atoms with Gasteiger partial charge in [0.15, 0.2) is 11.6 Å². The van der Waals surface area contributed by atoms with Crippen molar-refractivity contribution in [3.8, 4) is 11.6 Å². The van der Waals surface area contributed by atoms with E-state index in [1.165, 1.54) is 47.8 Å². The molecule has 1 aliphatic rings. The number of aryl methyl sites for hydroxylation is 1. The molecule has 15 heteroatoms. The number of sulfonamides is 1. The molecule has 1 amide bonds. The van der Waals surface area contributed by atoms with Gasteiger partial charge in [-0.15, -0.1) is 0 Å². The molecule has 220 valence electrons. The van der Waals surface area contributed by atoms with Crippen LogP contribution in [0.4, 0.5) is 30.2 Å². The van der Waals surface area contributed by atoms with Gasteiger partial charge in [-0.3, -0.25) is 14.5 Å². The third kappa shape index (κ3) is 6.94. The fourth-order valence-electron chi connectivity index (χ4n) is 4.34. The van der Waals surface area contributed by atoms with Crippen LogP contribution in [-0.2, 0) is 16.6 Å². The molecule has 1 fully saturated rings. The summed E-state index contributed by atoms with van der Waals surface area (Å²) in [4.78, 5) is 22.8. The van der Waals surface area contributed by atoms with Crippen molar-refractivity contribution in [3.63, 3.8) is 0 Å². The van der Waals surface area contributed by atoms with Crippen molar-refractivity contribution < 1.29 is 31.1 Å². The van der Waals surface area contributed by atoms with Gasteiger partial charge in [0.25, 0.3) is 11.8 Å². The monoisotopic (exact) mass is 620 g/mol. The van der Waals surface area contributed by atoms with Crippen LogP contribution in [-0.4, -0.2) is 54.1 Å². The van der Waals surface area contributed by atoms with Crippen LogP contribution in [0.5, 0.6) is 5.75 Å². The van der Waals surface area contributed by atoms with Crippen LogP contribution in [0.2, 0.25) is 5.02 Å². The van der Waals surface area contributed by atoms with E-state index in [0.717, 1.165) is 12.5 Å². The molecular weight excluding hydrogens is 597 g/mol. The number of aromatic nitrogens is 3. The topological polar surface area (TPSA) is 118 Å². The number of nitrogens with one attached hydrogen (secondary N) is 2. The molecule has 10 nitrogen and oxygen atoms in total. The Kier molecular flexibility index (Phi) is 7.77. The molecule has 3 aromatic heterocycles. The van der Waals surface area contributed by atoms with Crippen molar-refractivity contribution >= 4 is 44.6 Å². The minimum absolute atomic E-state index is 0.0780. The number of amides is 1. The lowest BCUT2D eigenvalue weighted by molar-refractivity contribution is -0.0263. The van der Waals surface area contributed by atoms with Gasteiger partial charge in [-0.25, -0.2) is 26.6 Å². The lowest BCUT2D eigenvalue weighted by atomic mass is 10.1. The molecule has 0 radical (unpaired) electrons. The number of pyridine rings is 2. The minimum Gasteiger partial charge on any atom is -0.485 e. The van der Waals surface area contributed by atoms with Crippen LogP contribution < -0.4 is 19.7 Å². The first-order valence-electron chi connectivity index (χ1n) is 12.4. The second-order valence-corrected chi connectivity index (χ2v) is 12.0. The van der Waals surface area contributed by atoms with Crippen LogP contribution in [0.15, 0.2) is 61.2 Å². The predicted molar refractivity (Wildman–Crippen MR) is 152 cm³/mol. The molecule has 0 atom stereocenters. The average Bonchev–Trinajstić information content (AvgIpc) is 3.26. The van der Waals surface area contributed by atoms with Gasteiger partial charge in [-0.2, -0.15) is 0 Å². The van der Waals surface area contributed by atoms with Gasteiger partial charge in [0.1, 0.15) is 12.4 Å². The summed E-state index contributed by atoms with van der Waals surface area (Å²) in [5, 5.41) is 2.89. The first-order chi connectivity index (χ1) is 19.7. The number of hydrogen-bond donors (Lipinski definition) is 2. The van der Waals surface area contributed by atoms with Crippen molar-refractivity contribution in [2.45, 2.75) is 19.5 Å². The van der Waals surface area contributed by atoms with E-state index < -0.39 is 40.8 Å². The lowest BCUT2D eigenvalue weighted by Gasteiger charge is -2.40. The van der Waals surface area contributed by atoms with E-state index in [1.807, 2.05) is 0 Å². The van der Waals surface area contributed by atoms with Crippen LogP contribution in [0.25, 0.3) is 5.82 Å². The molecule has 0 saturated carbocycles. The molecule has 1 aliphatic heterocycles. The molecule has 0 aliphatic carbocycles. The summed E-state index contributed by atoms with van der Waals surface area (Å²) in [5.41, 5.74) is 2.12. The maximum Gasteiger partial charge on any atom is 0.282 e. The number of carbonyl (C=O) groups is 1. The van der Waals surface area contributed by atoms with Crippen LogP contribution >= 0.6 is 11.6 Å². The first kappa shape index (κ1) is 29.2. The smallest absolute Gasteiger partial charge is 0.282 e. The average molecular weight is 621 g/mol. The van der Waals surface area contributed by atoms with Crippen molar-refractivity contribution in [2.24, 2.45) is 0 Å². The number of benzene rings is 1. The van der Waals surface area contributed by atoms with Gasteiger partial charge >= 0.3 is 0 Å². The van der Waals surface area contributed by atoms with E-state index in [0.29, 0.717) is 16.9 Å². The van der Waals surface area contributed by atoms with E-state index in [2.05, 4.69) is 20.0 Å². The zero-order valence-corrected chi connectivity index (χ0v) is 23.8. The summed E-state index contributed by atoms with van der Waals surface area (Å²) in [6, 6.07) is 8.70. The highest BCUT2D eigenvalue weighted by Crippen LogP contribution is 2.35. The molecular formula is C27H24ClF3N6O4S. The number of hydrogen-bond acceptors (Lipinski definition) is 7. The number of anilines is 3. The second kappa shape index (κ2) is 11.2. The summed E-state index contributed by atoms with van der Waals surface area (Å²) < 4.78 is 73.7. The Morgan fingerprint density at radius 2 is 1.83 bits per heavy atom. The van der Waals surface area contributed by atoms with Gasteiger partial charge in [0.2, 0.25) is 10.0 Å². The van der Waals surface area contributed by atoms with Gasteiger partial charge in [-0.05, 0) is 37.3 Å². The molecule has 2 N–H and O–H groups in total. The van der Waals surface area contributed by atoms with Crippen LogP contribution in [0.1, 0.15) is 21.6 Å². The zero-order valence-electron chi connectivity index (χ0n) is 22.2. The molecule has 5 rings (SSSR count). The fourth-order valence-corrected chi connectivity index (χ4v) is 5.12. The Labute approximate surface area is 244 Å². The molecule has 1 saturated heterocycles. The first-order valence-corrected chi connectivity index (χ1v) is 14.7. The quantitative estimate of drug-likeness (QED) is 0.270. The Balaban J connectivity index is 1.42. The SMILES string of the molecule is Cc1cc(C(=O)Nc2cc(Cl)cc(NS(C)(=O)=O)c2)cn1-c1ncc(N2CC(F)(F)C2)cc1OCc1cncc(F)c1. The number of carbonyl (C=O) groups excluding carboxylic acids is 1. The highest BCUT2D eigenvalue weighted by atomic mass is 35.5. The van der Waals surface area contributed by atoms with E-state index in [4.69, 9.17) is 16.3 Å².